The van der Waals surface area contributed by atoms with Crippen molar-refractivity contribution in [1.82, 2.24) is 4.90 Å². The van der Waals surface area contributed by atoms with Crippen LogP contribution in [0.2, 0.25) is 39.3 Å². The van der Waals surface area contributed by atoms with Gasteiger partial charge in [-0.2, -0.15) is 0 Å². The van der Waals surface area contributed by atoms with Gasteiger partial charge in [-0.25, -0.2) is 0 Å². The Morgan fingerprint density at radius 3 is 2.00 bits per heavy atom. The lowest BCUT2D eigenvalue weighted by Gasteiger charge is -2.28. The molecule has 0 aliphatic carbocycles. The maximum Gasteiger partial charge on any atom is 0.0780 e. The summed E-state index contributed by atoms with van der Waals surface area (Å²) in [5.74, 6) is 0. The van der Waals surface area contributed by atoms with Crippen LogP contribution in [0.3, 0.4) is 0 Å². The van der Waals surface area contributed by atoms with Crippen molar-refractivity contribution in [3.8, 4) is 0 Å². The molecule has 0 spiro atoms. The van der Waals surface area contributed by atoms with Crippen molar-refractivity contribution >= 4 is 21.3 Å². The summed E-state index contributed by atoms with van der Waals surface area (Å²) in [7, 11) is 0.0443. The third-order valence-corrected chi connectivity index (χ3v) is 6.60. The topological polar surface area (TPSA) is 3.24 Å². The van der Waals surface area contributed by atoms with Gasteiger partial charge in [-0.3, -0.25) is 0 Å². The lowest BCUT2D eigenvalue weighted by Crippen LogP contribution is -2.43. The zero-order valence-electron chi connectivity index (χ0n) is 13.2. The zero-order valence-corrected chi connectivity index (χ0v) is 15.2. The van der Waals surface area contributed by atoms with E-state index in [-0.39, 0.29) is 0 Å². The van der Waals surface area contributed by atoms with Crippen LogP contribution < -0.4 is 5.19 Å². The van der Waals surface area contributed by atoms with Crippen LogP contribution in [0.5, 0.6) is 0 Å². The van der Waals surface area contributed by atoms with Crippen molar-refractivity contribution < 1.29 is 0 Å². The van der Waals surface area contributed by atoms with Gasteiger partial charge < -0.3 is 4.90 Å². The van der Waals surface area contributed by atoms with Crippen molar-refractivity contribution in [2.45, 2.75) is 45.8 Å². The summed E-state index contributed by atoms with van der Waals surface area (Å²) in [6.45, 7) is 15.7. The largest absolute Gasteiger partial charge is 0.305 e. The Morgan fingerprint density at radius 1 is 0.944 bits per heavy atom. The molecule has 0 aromatic heterocycles. The molecule has 0 radical (unpaired) electrons. The van der Waals surface area contributed by atoms with Crippen LogP contribution in [-0.4, -0.2) is 34.3 Å². The Morgan fingerprint density at radius 2 is 1.50 bits per heavy atom. The fourth-order valence-corrected chi connectivity index (χ4v) is 6.00. The van der Waals surface area contributed by atoms with Crippen LogP contribution in [0.4, 0.5) is 0 Å². The molecule has 1 aromatic carbocycles. The fourth-order valence-electron chi connectivity index (χ4n) is 2.55. The van der Waals surface area contributed by atoms with Crippen LogP contribution in [0.1, 0.15) is 5.56 Å². The molecule has 0 amide bonds. The second-order valence-corrected chi connectivity index (χ2v) is 18.1. The van der Waals surface area contributed by atoms with Gasteiger partial charge in [-0.15, -0.1) is 0 Å². The average Bonchev–Trinajstić information content (AvgIpc) is 2.13. The van der Waals surface area contributed by atoms with Gasteiger partial charge >= 0.3 is 0 Å². The Balaban J connectivity index is 2.85. The number of hydrogen-bond acceptors (Lipinski definition) is 1. The highest BCUT2D eigenvalue weighted by Gasteiger charge is 2.21. The molecule has 3 heteroatoms. The SMILES string of the molecule is CN(Cc1ccccc1[Si](C)(C)C)C[Si](C)(C)C. The molecular weight excluding hydrogens is 250 g/mol. The Hall–Kier alpha value is -0.386. The molecular formula is C15H29NSi2. The van der Waals surface area contributed by atoms with Crippen LogP contribution in [-0.2, 0) is 6.54 Å². The van der Waals surface area contributed by atoms with Gasteiger partial charge in [-0.1, -0.05) is 68.7 Å². The standard InChI is InChI=1S/C15H29NSi2/c1-16(13-17(2,3)4)12-14-10-8-9-11-15(14)18(5,6)7/h8-11H,12-13H2,1-7H3. The van der Waals surface area contributed by atoms with Crippen molar-refractivity contribution in [3.05, 3.63) is 29.8 Å². The minimum atomic E-state index is -1.22. The quantitative estimate of drug-likeness (QED) is 0.745. The smallest absolute Gasteiger partial charge is 0.0780 e. The summed E-state index contributed by atoms with van der Waals surface area (Å²) in [5.41, 5.74) is 1.54. The van der Waals surface area contributed by atoms with Crippen LogP contribution >= 0.6 is 0 Å². The maximum atomic E-state index is 2.51. The normalized spacial score (nSPS) is 13.1. The van der Waals surface area contributed by atoms with Crippen molar-refractivity contribution in [2.75, 3.05) is 13.2 Å². The van der Waals surface area contributed by atoms with E-state index < -0.39 is 16.1 Å². The molecule has 0 aliphatic heterocycles. The summed E-state index contributed by atoms with van der Waals surface area (Å²) in [5, 5.41) is 1.62. The Kier molecular flexibility index (Phi) is 4.98. The molecule has 18 heavy (non-hydrogen) atoms. The van der Waals surface area contributed by atoms with Gasteiger partial charge in [0.25, 0.3) is 0 Å². The van der Waals surface area contributed by atoms with Gasteiger partial charge in [0.1, 0.15) is 0 Å². The summed E-state index contributed by atoms with van der Waals surface area (Å²) in [6.07, 6.45) is 1.27. The Labute approximate surface area is 115 Å². The van der Waals surface area contributed by atoms with Crippen molar-refractivity contribution in [1.29, 1.82) is 0 Å². The van der Waals surface area contributed by atoms with Crippen LogP contribution in [0.15, 0.2) is 24.3 Å². The first-order valence-electron chi connectivity index (χ1n) is 6.86. The van der Waals surface area contributed by atoms with E-state index in [1.807, 2.05) is 0 Å². The lowest BCUT2D eigenvalue weighted by molar-refractivity contribution is 0.376. The minimum absolute atomic E-state index is 1.00. The average molecular weight is 280 g/mol. The van der Waals surface area contributed by atoms with Crippen LogP contribution in [0, 0.1) is 0 Å². The zero-order chi connectivity index (χ0) is 14.0. The molecule has 0 unspecified atom stereocenters. The molecule has 0 bridgehead atoms. The lowest BCUT2D eigenvalue weighted by atomic mass is 10.2. The first-order chi connectivity index (χ1) is 8.09. The monoisotopic (exact) mass is 279 g/mol. The van der Waals surface area contributed by atoms with Gasteiger partial charge in [0.2, 0.25) is 0 Å². The fraction of sp³-hybridized carbons (Fsp3) is 0.600. The first kappa shape index (κ1) is 15.7. The predicted molar refractivity (Wildman–Crippen MR) is 89.1 cm³/mol. The van der Waals surface area contributed by atoms with E-state index in [9.17, 15) is 0 Å². The van der Waals surface area contributed by atoms with E-state index in [2.05, 4.69) is 75.5 Å². The summed E-state index contributed by atoms with van der Waals surface area (Å²) >= 11 is 0. The van der Waals surface area contributed by atoms with E-state index in [0.717, 1.165) is 6.54 Å². The first-order valence-corrected chi connectivity index (χ1v) is 14.1. The van der Waals surface area contributed by atoms with Crippen molar-refractivity contribution in [2.24, 2.45) is 0 Å². The van der Waals surface area contributed by atoms with E-state index in [0.29, 0.717) is 0 Å². The third kappa shape index (κ3) is 5.08. The highest BCUT2D eigenvalue weighted by Crippen LogP contribution is 2.11. The van der Waals surface area contributed by atoms with Gasteiger partial charge in [-0.05, 0) is 18.8 Å². The molecule has 0 fully saturated rings. The number of hydrogen-bond donors (Lipinski definition) is 0. The molecule has 0 saturated carbocycles. The van der Waals surface area contributed by atoms with E-state index in [4.69, 9.17) is 0 Å². The molecule has 1 nitrogen and oxygen atoms in total. The third-order valence-electron chi connectivity index (χ3n) is 3.01. The highest BCUT2D eigenvalue weighted by atomic mass is 28.3. The van der Waals surface area contributed by atoms with E-state index in [1.54, 1.807) is 5.19 Å². The molecule has 0 aliphatic rings. The molecule has 0 N–H and O–H groups in total. The number of benzene rings is 1. The maximum absolute atomic E-state index is 2.51. The van der Waals surface area contributed by atoms with Crippen LogP contribution in [0.25, 0.3) is 0 Å². The summed E-state index contributed by atoms with van der Waals surface area (Å²) in [6, 6.07) is 9.02. The molecule has 1 rings (SSSR count). The second kappa shape index (κ2) is 5.72. The van der Waals surface area contributed by atoms with Crippen molar-refractivity contribution in [3.63, 3.8) is 0 Å². The molecule has 1 aromatic rings. The Bertz CT molecular complexity index is 388. The number of rotatable bonds is 5. The van der Waals surface area contributed by atoms with Gasteiger partial charge in [0.05, 0.1) is 16.1 Å². The van der Waals surface area contributed by atoms with E-state index in [1.165, 1.54) is 11.7 Å². The molecule has 102 valence electrons. The van der Waals surface area contributed by atoms with E-state index >= 15 is 0 Å². The molecule has 0 heterocycles. The predicted octanol–water partition coefficient (Wildman–Crippen LogP) is 3.54. The molecule has 0 saturated heterocycles. The molecule has 0 atom stereocenters. The summed E-state index contributed by atoms with van der Waals surface area (Å²) < 4.78 is 0. The van der Waals surface area contributed by atoms with Gasteiger partial charge in [0.15, 0.2) is 0 Å². The summed E-state index contributed by atoms with van der Waals surface area (Å²) in [4.78, 5) is 2.51. The minimum Gasteiger partial charge on any atom is -0.305 e. The second-order valence-electron chi connectivity index (χ2n) is 7.64. The number of nitrogens with zero attached hydrogens (tertiary/aromatic N) is 1. The highest BCUT2D eigenvalue weighted by molar-refractivity contribution is 6.89. The van der Waals surface area contributed by atoms with Gasteiger partial charge in [0, 0.05) is 6.54 Å².